The van der Waals surface area contributed by atoms with Crippen LogP contribution in [0, 0.1) is 0 Å². The number of hydrogen-bond donors (Lipinski definition) is 0. The largest absolute Gasteiger partial charge is 0.848 e. The topological polar surface area (TPSA) is 189 Å². The molecule has 0 aromatic rings. The minimum Gasteiger partial charge on any atom is -0.848 e. The van der Waals surface area contributed by atoms with Gasteiger partial charge in [0.05, 0.1) is 0 Å². The standard InChI is InChI=1S/2C3H5O3.Ge.2H2O/c2*1-2(4)3(5)6;;;/h2*2H,1H3,(H,5,6);;2*1H2/q2*-1;;;/p-2. The normalized spacial score (nSPS) is 10.9. The van der Waals surface area contributed by atoms with Gasteiger partial charge in [-0.3, -0.25) is 0 Å². The summed E-state index contributed by atoms with van der Waals surface area (Å²) in [7, 11) is 0. The van der Waals surface area contributed by atoms with Crippen LogP contribution in [0.25, 0.3) is 0 Å². The van der Waals surface area contributed by atoms with Crippen LogP contribution in [-0.4, -0.2) is 52.7 Å². The van der Waals surface area contributed by atoms with Crippen LogP contribution in [0.1, 0.15) is 13.8 Å². The zero-order valence-corrected chi connectivity index (χ0v) is 10.2. The molecule has 0 fully saturated rings. The Morgan fingerprint density at radius 2 is 0.933 bits per heavy atom. The molecule has 4 N–H and O–H groups in total. The second-order valence-electron chi connectivity index (χ2n) is 1.92. The Bertz CT molecular complexity index is 139. The van der Waals surface area contributed by atoms with Crippen molar-refractivity contribution in [1.82, 2.24) is 0 Å². The Kier molecular flexibility index (Phi) is 30.8. The van der Waals surface area contributed by atoms with E-state index in [-0.39, 0.29) is 28.5 Å². The molecule has 0 aliphatic carbocycles. The monoisotopic (exact) mass is 286 g/mol. The summed E-state index contributed by atoms with van der Waals surface area (Å²) >= 11 is 0. The number of rotatable bonds is 2. The molecule has 0 saturated carbocycles. The first-order valence-electron chi connectivity index (χ1n) is 3.02. The number of aliphatic carboxylic acids is 2. The summed E-state index contributed by atoms with van der Waals surface area (Å²) in [5.41, 5.74) is 0. The molecule has 0 aromatic heterocycles. The minimum absolute atomic E-state index is 0. The zero-order chi connectivity index (χ0) is 10.3. The van der Waals surface area contributed by atoms with E-state index in [2.05, 4.69) is 0 Å². The fourth-order valence-corrected chi connectivity index (χ4v) is 0. The molecule has 2 unspecified atom stereocenters. The fraction of sp³-hybridized carbons (Fsp3) is 0.667. The zero-order valence-electron chi connectivity index (χ0n) is 8.10. The van der Waals surface area contributed by atoms with Gasteiger partial charge in [-0.05, 0) is 0 Å². The maximum absolute atomic E-state index is 9.56. The molecular weight excluding hydrogens is 273 g/mol. The van der Waals surface area contributed by atoms with E-state index in [1.807, 2.05) is 0 Å². The molecule has 0 aliphatic rings. The summed E-state index contributed by atoms with van der Waals surface area (Å²) in [6.45, 7) is 2.05. The van der Waals surface area contributed by atoms with Gasteiger partial charge in [-0.15, -0.1) is 0 Å². The average Bonchev–Trinajstić information content (AvgIpc) is 1.88. The SMILES string of the molecule is CC([O-])C(=O)[O-].CC([O-])C(=O)[O-].O.O.[Ge]. The maximum Gasteiger partial charge on any atom is 0.0276 e. The predicted octanol–water partition coefficient (Wildman–Crippen LogP) is -7.06. The van der Waals surface area contributed by atoms with Gasteiger partial charge >= 0.3 is 0 Å². The fourth-order valence-electron chi connectivity index (χ4n) is 0. The molecule has 4 radical (unpaired) electrons. The van der Waals surface area contributed by atoms with Crippen molar-refractivity contribution >= 4 is 29.5 Å². The first-order chi connectivity index (χ1) is 5.29. The van der Waals surface area contributed by atoms with Crippen molar-refractivity contribution in [3.8, 4) is 0 Å². The summed E-state index contributed by atoms with van der Waals surface area (Å²) in [4.78, 5) is 18.6. The van der Waals surface area contributed by atoms with Crippen molar-refractivity contribution in [2.24, 2.45) is 0 Å². The number of carboxylic acids is 2. The quantitative estimate of drug-likeness (QED) is 0.452. The third-order valence-corrected chi connectivity index (χ3v) is 0.664. The van der Waals surface area contributed by atoms with E-state index in [4.69, 9.17) is 0 Å². The summed E-state index contributed by atoms with van der Waals surface area (Å²) in [6, 6.07) is 0. The number of carbonyl (C=O) groups excluding carboxylic acids is 2. The van der Waals surface area contributed by atoms with E-state index in [1.54, 1.807) is 0 Å². The smallest absolute Gasteiger partial charge is 0.0276 e. The van der Waals surface area contributed by atoms with Gasteiger partial charge in [-0.2, -0.15) is 0 Å². The van der Waals surface area contributed by atoms with Gasteiger partial charge < -0.3 is 41.0 Å². The van der Waals surface area contributed by atoms with Crippen LogP contribution < -0.4 is 20.4 Å². The molecule has 0 bridgehead atoms. The van der Waals surface area contributed by atoms with Gasteiger partial charge in [0.2, 0.25) is 0 Å². The molecular formula is C6H12GeO8-4. The molecule has 92 valence electrons. The van der Waals surface area contributed by atoms with Crippen LogP contribution in [0.5, 0.6) is 0 Å². The summed E-state index contributed by atoms with van der Waals surface area (Å²) < 4.78 is 0. The van der Waals surface area contributed by atoms with Crippen molar-refractivity contribution in [3.05, 3.63) is 0 Å². The molecule has 0 aromatic carbocycles. The van der Waals surface area contributed by atoms with E-state index in [0.717, 1.165) is 13.8 Å². The van der Waals surface area contributed by atoms with Crippen molar-refractivity contribution in [2.75, 3.05) is 0 Å². The Hall–Kier alpha value is -0.677. The number of carbonyl (C=O) groups is 2. The Morgan fingerprint density at radius 3 is 0.933 bits per heavy atom. The van der Waals surface area contributed by atoms with Gasteiger partial charge in [0.15, 0.2) is 0 Å². The average molecular weight is 285 g/mol. The molecule has 0 aliphatic heterocycles. The summed E-state index contributed by atoms with van der Waals surface area (Å²) in [5, 5.41) is 37.7. The molecule has 8 nitrogen and oxygen atoms in total. The van der Waals surface area contributed by atoms with Crippen LogP contribution in [0.15, 0.2) is 0 Å². The molecule has 0 saturated heterocycles. The molecule has 15 heavy (non-hydrogen) atoms. The first-order valence-corrected chi connectivity index (χ1v) is 3.02. The van der Waals surface area contributed by atoms with Crippen LogP contribution in [0.3, 0.4) is 0 Å². The van der Waals surface area contributed by atoms with E-state index in [9.17, 15) is 30.0 Å². The van der Waals surface area contributed by atoms with Crippen molar-refractivity contribution in [3.63, 3.8) is 0 Å². The number of hydrogen-bond acceptors (Lipinski definition) is 6. The van der Waals surface area contributed by atoms with E-state index >= 15 is 0 Å². The molecule has 9 heteroatoms. The molecule has 0 amide bonds. The van der Waals surface area contributed by atoms with Crippen LogP contribution >= 0.6 is 0 Å². The van der Waals surface area contributed by atoms with E-state index < -0.39 is 24.1 Å². The third kappa shape index (κ3) is 31.9. The van der Waals surface area contributed by atoms with Gasteiger partial charge in [0.25, 0.3) is 0 Å². The van der Waals surface area contributed by atoms with Gasteiger partial charge in [0, 0.05) is 29.5 Å². The Morgan fingerprint density at radius 1 is 0.867 bits per heavy atom. The van der Waals surface area contributed by atoms with Crippen molar-refractivity contribution in [1.29, 1.82) is 0 Å². The predicted molar refractivity (Wildman–Crippen MR) is 41.9 cm³/mol. The summed E-state index contributed by atoms with van der Waals surface area (Å²) in [5.74, 6) is -3.09. The third-order valence-electron chi connectivity index (χ3n) is 0.664. The second-order valence-corrected chi connectivity index (χ2v) is 1.92. The van der Waals surface area contributed by atoms with E-state index in [1.165, 1.54) is 0 Å². The molecule has 0 heterocycles. The van der Waals surface area contributed by atoms with Gasteiger partial charge in [-0.25, -0.2) is 0 Å². The Labute approximate surface area is 97.1 Å². The minimum atomic E-state index is -1.59. The van der Waals surface area contributed by atoms with Gasteiger partial charge in [-0.1, -0.05) is 26.1 Å². The summed E-state index contributed by atoms with van der Waals surface area (Å²) in [6.07, 6.45) is -3.19. The first kappa shape index (κ1) is 29.3. The second kappa shape index (κ2) is 15.8. The van der Waals surface area contributed by atoms with Crippen LogP contribution in [0.2, 0.25) is 0 Å². The van der Waals surface area contributed by atoms with Crippen LogP contribution in [0.4, 0.5) is 0 Å². The maximum atomic E-state index is 9.56. The van der Waals surface area contributed by atoms with Gasteiger partial charge in [0.1, 0.15) is 0 Å². The van der Waals surface area contributed by atoms with E-state index in [0.29, 0.717) is 0 Å². The van der Waals surface area contributed by atoms with Crippen molar-refractivity contribution < 1.29 is 41.0 Å². The number of carboxylic acid groups (broad SMARTS) is 2. The molecule has 0 spiro atoms. The molecule has 0 rings (SSSR count). The van der Waals surface area contributed by atoms with Crippen molar-refractivity contribution in [2.45, 2.75) is 26.1 Å². The molecule has 2 atom stereocenters. The Balaban J connectivity index is -0.0000000370. The van der Waals surface area contributed by atoms with Crippen LogP contribution in [-0.2, 0) is 9.59 Å².